The van der Waals surface area contributed by atoms with Gasteiger partial charge in [0.1, 0.15) is 5.82 Å². The quantitative estimate of drug-likeness (QED) is 0.649. The molecule has 0 aliphatic carbocycles. The predicted octanol–water partition coefficient (Wildman–Crippen LogP) is 2.87. The lowest BCUT2D eigenvalue weighted by atomic mass is 9.84. The van der Waals surface area contributed by atoms with E-state index in [2.05, 4.69) is 5.32 Å². The molecule has 0 saturated carbocycles. The molecule has 1 rings (SSSR count). The Morgan fingerprint density at radius 2 is 2.19 bits per heavy atom. The molecule has 0 bridgehead atoms. The van der Waals surface area contributed by atoms with Crippen molar-refractivity contribution < 1.29 is 4.39 Å². The van der Waals surface area contributed by atoms with Crippen LogP contribution in [0.4, 0.5) is 4.39 Å². The minimum atomic E-state index is -0.411. The average Bonchev–Trinajstić information content (AvgIpc) is 2.22. The average molecular weight is 241 g/mol. The molecule has 86 valence electrons. The topological polar surface area (TPSA) is 35.8 Å². The molecule has 0 heterocycles. The van der Waals surface area contributed by atoms with Crippen LogP contribution < -0.4 is 5.32 Å². The maximum absolute atomic E-state index is 13.0. The molecule has 4 heteroatoms. The van der Waals surface area contributed by atoms with Crippen molar-refractivity contribution >= 4 is 11.6 Å². The Morgan fingerprint density at radius 1 is 1.50 bits per heavy atom. The number of halogens is 2. The number of nitrogens with zero attached hydrogens (tertiary/aromatic N) is 1. The highest BCUT2D eigenvalue weighted by Gasteiger charge is 2.20. The van der Waals surface area contributed by atoms with Crippen LogP contribution in [0.15, 0.2) is 18.2 Å². The van der Waals surface area contributed by atoms with Gasteiger partial charge in [-0.2, -0.15) is 5.26 Å². The van der Waals surface area contributed by atoms with Crippen molar-refractivity contribution in [3.05, 3.63) is 34.6 Å². The molecule has 2 nitrogen and oxygen atoms in total. The molecule has 0 amide bonds. The second-order valence-electron chi connectivity index (χ2n) is 4.27. The van der Waals surface area contributed by atoms with E-state index in [1.54, 1.807) is 12.1 Å². The SMILES string of the molecule is CC(C)(CNCC#N)c1ccc(F)c(Cl)c1. The van der Waals surface area contributed by atoms with Gasteiger partial charge in [-0.3, -0.25) is 0 Å². The lowest BCUT2D eigenvalue weighted by Crippen LogP contribution is -2.33. The third kappa shape index (κ3) is 3.19. The molecule has 1 aromatic rings. The van der Waals surface area contributed by atoms with Gasteiger partial charge in [0.15, 0.2) is 0 Å². The Balaban J connectivity index is 2.81. The van der Waals surface area contributed by atoms with Crippen LogP contribution in [-0.2, 0) is 5.41 Å². The number of benzene rings is 1. The maximum Gasteiger partial charge on any atom is 0.141 e. The highest BCUT2D eigenvalue weighted by atomic mass is 35.5. The summed E-state index contributed by atoms with van der Waals surface area (Å²) in [5.74, 6) is -0.411. The molecule has 0 saturated heterocycles. The highest BCUT2D eigenvalue weighted by Crippen LogP contribution is 2.26. The Hall–Kier alpha value is -1.11. The summed E-state index contributed by atoms with van der Waals surface area (Å²) >= 11 is 5.73. The molecule has 0 spiro atoms. The fourth-order valence-corrected chi connectivity index (χ4v) is 1.63. The van der Waals surface area contributed by atoms with E-state index in [4.69, 9.17) is 16.9 Å². The van der Waals surface area contributed by atoms with Gasteiger partial charge in [-0.1, -0.05) is 31.5 Å². The van der Waals surface area contributed by atoms with E-state index in [0.717, 1.165) is 5.56 Å². The summed E-state index contributed by atoms with van der Waals surface area (Å²) in [5, 5.41) is 11.6. The van der Waals surface area contributed by atoms with Crippen molar-refractivity contribution in [2.24, 2.45) is 0 Å². The smallest absolute Gasteiger partial charge is 0.141 e. The molecule has 0 atom stereocenters. The van der Waals surface area contributed by atoms with Crippen LogP contribution in [-0.4, -0.2) is 13.1 Å². The number of rotatable bonds is 4. The van der Waals surface area contributed by atoms with Gasteiger partial charge in [0.25, 0.3) is 0 Å². The second kappa shape index (κ2) is 5.29. The van der Waals surface area contributed by atoms with Crippen molar-refractivity contribution in [3.63, 3.8) is 0 Å². The monoisotopic (exact) mass is 240 g/mol. The van der Waals surface area contributed by atoms with Crippen LogP contribution in [0.3, 0.4) is 0 Å². The number of hydrogen-bond acceptors (Lipinski definition) is 2. The zero-order valence-electron chi connectivity index (χ0n) is 9.35. The first-order valence-corrected chi connectivity index (χ1v) is 5.38. The standard InChI is InChI=1S/C12H14ClFN2/c1-12(2,8-16-6-5-15)9-3-4-11(14)10(13)7-9/h3-4,7,16H,6,8H2,1-2H3. The van der Waals surface area contributed by atoms with E-state index in [-0.39, 0.29) is 10.4 Å². The lowest BCUT2D eigenvalue weighted by molar-refractivity contribution is 0.483. The Kier molecular flexibility index (Phi) is 4.28. The van der Waals surface area contributed by atoms with Crippen LogP contribution in [0, 0.1) is 17.1 Å². The third-order valence-electron chi connectivity index (χ3n) is 2.47. The Morgan fingerprint density at radius 3 is 2.75 bits per heavy atom. The molecule has 16 heavy (non-hydrogen) atoms. The first kappa shape index (κ1) is 13.0. The van der Waals surface area contributed by atoms with Gasteiger partial charge < -0.3 is 5.32 Å². The summed E-state index contributed by atoms with van der Waals surface area (Å²) in [6, 6.07) is 6.73. The predicted molar refractivity (Wildman–Crippen MR) is 62.9 cm³/mol. The molecular formula is C12H14ClFN2. The van der Waals surface area contributed by atoms with E-state index in [0.29, 0.717) is 13.1 Å². The molecule has 0 aliphatic heterocycles. The van der Waals surface area contributed by atoms with E-state index in [1.165, 1.54) is 6.07 Å². The van der Waals surface area contributed by atoms with Crippen LogP contribution in [0.5, 0.6) is 0 Å². The minimum Gasteiger partial charge on any atom is -0.304 e. The summed E-state index contributed by atoms with van der Waals surface area (Å²) in [6.45, 7) is 4.97. The first-order chi connectivity index (χ1) is 7.47. The number of nitrogens with one attached hydrogen (secondary N) is 1. The molecule has 0 radical (unpaired) electrons. The zero-order chi connectivity index (χ0) is 12.2. The molecule has 0 fully saturated rings. The van der Waals surface area contributed by atoms with Crippen LogP contribution in [0.25, 0.3) is 0 Å². The van der Waals surface area contributed by atoms with Crippen LogP contribution in [0.1, 0.15) is 19.4 Å². The first-order valence-electron chi connectivity index (χ1n) is 5.00. The van der Waals surface area contributed by atoms with Gasteiger partial charge in [0.2, 0.25) is 0 Å². The summed E-state index contributed by atoms with van der Waals surface area (Å²) in [4.78, 5) is 0. The van der Waals surface area contributed by atoms with E-state index in [1.807, 2.05) is 19.9 Å². The van der Waals surface area contributed by atoms with E-state index in [9.17, 15) is 4.39 Å². The fourth-order valence-electron chi connectivity index (χ4n) is 1.45. The third-order valence-corrected chi connectivity index (χ3v) is 2.76. The summed E-state index contributed by atoms with van der Waals surface area (Å²) in [5.41, 5.74) is 0.762. The molecule has 0 aliphatic rings. The van der Waals surface area contributed by atoms with Crippen LogP contribution >= 0.6 is 11.6 Å². The zero-order valence-corrected chi connectivity index (χ0v) is 10.1. The van der Waals surface area contributed by atoms with Gasteiger partial charge in [0.05, 0.1) is 17.6 Å². The lowest BCUT2D eigenvalue weighted by Gasteiger charge is -2.25. The molecule has 1 aromatic carbocycles. The minimum absolute atomic E-state index is 0.130. The molecule has 0 aromatic heterocycles. The Labute approximate surface area is 100 Å². The molecule has 0 unspecified atom stereocenters. The highest BCUT2D eigenvalue weighted by molar-refractivity contribution is 6.30. The van der Waals surface area contributed by atoms with Gasteiger partial charge in [-0.15, -0.1) is 0 Å². The molecular weight excluding hydrogens is 227 g/mol. The van der Waals surface area contributed by atoms with E-state index < -0.39 is 5.82 Å². The second-order valence-corrected chi connectivity index (χ2v) is 4.68. The van der Waals surface area contributed by atoms with Gasteiger partial charge in [-0.05, 0) is 17.7 Å². The van der Waals surface area contributed by atoms with Crippen molar-refractivity contribution in [2.75, 3.05) is 13.1 Å². The van der Waals surface area contributed by atoms with Crippen LogP contribution in [0.2, 0.25) is 5.02 Å². The maximum atomic E-state index is 13.0. The summed E-state index contributed by atoms with van der Waals surface area (Å²) in [6.07, 6.45) is 0. The Bertz CT molecular complexity index is 410. The number of nitriles is 1. The van der Waals surface area contributed by atoms with Crippen molar-refractivity contribution in [1.82, 2.24) is 5.32 Å². The summed E-state index contributed by atoms with van der Waals surface area (Å²) < 4.78 is 13.0. The van der Waals surface area contributed by atoms with Gasteiger partial charge >= 0.3 is 0 Å². The van der Waals surface area contributed by atoms with Crippen molar-refractivity contribution in [1.29, 1.82) is 5.26 Å². The normalized spacial score (nSPS) is 11.2. The van der Waals surface area contributed by atoms with Gasteiger partial charge in [-0.25, -0.2) is 4.39 Å². The van der Waals surface area contributed by atoms with Crippen molar-refractivity contribution in [3.8, 4) is 6.07 Å². The fraction of sp³-hybridized carbons (Fsp3) is 0.417. The molecule has 1 N–H and O–H groups in total. The number of hydrogen-bond donors (Lipinski definition) is 1. The van der Waals surface area contributed by atoms with Crippen molar-refractivity contribution in [2.45, 2.75) is 19.3 Å². The largest absolute Gasteiger partial charge is 0.304 e. The van der Waals surface area contributed by atoms with Gasteiger partial charge in [0, 0.05) is 12.0 Å². The van der Waals surface area contributed by atoms with E-state index >= 15 is 0 Å². The summed E-state index contributed by atoms with van der Waals surface area (Å²) in [7, 11) is 0.